The molecule has 0 unspecified atom stereocenters. The van der Waals surface area contributed by atoms with E-state index in [4.69, 9.17) is 0 Å². The summed E-state index contributed by atoms with van der Waals surface area (Å²) in [6.07, 6.45) is 0. The van der Waals surface area contributed by atoms with E-state index in [9.17, 15) is 0 Å². The van der Waals surface area contributed by atoms with E-state index in [-0.39, 0.29) is 0 Å². The van der Waals surface area contributed by atoms with Gasteiger partial charge in [0.05, 0.1) is 0 Å². The predicted molar refractivity (Wildman–Crippen MR) is 70.7 cm³/mol. The van der Waals surface area contributed by atoms with Crippen LogP contribution in [0.2, 0.25) is 0 Å². The highest BCUT2D eigenvalue weighted by atomic mass is 14.0. The Labute approximate surface area is 93.5 Å². The lowest BCUT2D eigenvalue weighted by Crippen LogP contribution is -1.95. The molecule has 0 aromatic rings. The summed E-state index contributed by atoms with van der Waals surface area (Å²) in [5, 5.41) is 0. The summed E-state index contributed by atoms with van der Waals surface area (Å²) < 4.78 is 0. The van der Waals surface area contributed by atoms with Gasteiger partial charge in [-0.15, -0.1) is 0 Å². The predicted octanol–water partition coefficient (Wildman–Crippen LogP) is 5.62. The monoisotopic (exact) mass is 202 g/mol. The lowest BCUT2D eigenvalue weighted by Gasteiger charge is -2.05. The van der Waals surface area contributed by atoms with Crippen molar-refractivity contribution in [3.05, 3.63) is 0 Å². The molecule has 0 N–H and O–H groups in total. The molecule has 0 aromatic carbocycles. The molecular weight excluding hydrogens is 168 g/mol. The number of hydrogen-bond donors (Lipinski definition) is 0. The minimum atomic E-state index is 0.833. The summed E-state index contributed by atoms with van der Waals surface area (Å²) in [5.74, 6) is 3.37. The first-order chi connectivity index (χ1) is 6.11. The van der Waals surface area contributed by atoms with Gasteiger partial charge in [0.25, 0.3) is 0 Å². The second-order valence-electron chi connectivity index (χ2n) is 5.95. The van der Waals surface area contributed by atoms with Crippen LogP contribution in [0.4, 0.5) is 0 Å². The van der Waals surface area contributed by atoms with Crippen LogP contribution in [0, 0.1) is 23.7 Å². The van der Waals surface area contributed by atoms with Crippen LogP contribution in [0.3, 0.4) is 0 Å². The Balaban J connectivity index is -0.000000135. The number of hydrogen-bond acceptors (Lipinski definition) is 0. The maximum atomic E-state index is 2.24. The Morgan fingerprint density at radius 3 is 0.429 bits per heavy atom. The fourth-order valence-electron chi connectivity index (χ4n) is 0. The van der Waals surface area contributed by atoms with Crippen molar-refractivity contribution < 1.29 is 0 Å². The van der Waals surface area contributed by atoms with Gasteiger partial charge in [0.2, 0.25) is 0 Å². The average molecular weight is 202 g/mol. The van der Waals surface area contributed by atoms with Crippen LogP contribution in [-0.2, 0) is 0 Å². The largest absolute Gasteiger partial charge is 0.0630 e. The van der Waals surface area contributed by atoms with Gasteiger partial charge in [-0.05, 0) is 23.7 Å². The van der Waals surface area contributed by atoms with Crippen molar-refractivity contribution in [3.63, 3.8) is 0 Å². The Morgan fingerprint density at radius 1 is 0.357 bits per heavy atom. The summed E-state index contributed by atoms with van der Waals surface area (Å²) >= 11 is 0. The molecule has 0 nitrogen and oxygen atoms in total. The molecule has 0 saturated carbocycles. The van der Waals surface area contributed by atoms with Crippen molar-refractivity contribution in [3.8, 4) is 0 Å². The standard InChI is InChI=1S/C6H14.2C4H10/c1-5(2)6(3)4;2*1-4(2)3/h5-6H,1-4H3;2*4H,1-3H3. The van der Waals surface area contributed by atoms with Gasteiger partial charge < -0.3 is 0 Å². The zero-order chi connectivity index (χ0) is 12.3. The fourth-order valence-corrected chi connectivity index (χ4v) is 0. The number of rotatable bonds is 1. The highest BCUT2D eigenvalue weighted by Crippen LogP contribution is 2.05. The van der Waals surface area contributed by atoms with Gasteiger partial charge in [-0.1, -0.05) is 69.2 Å². The summed E-state index contributed by atoms with van der Waals surface area (Å²) in [5.41, 5.74) is 0. The molecule has 0 spiro atoms. The lowest BCUT2D eigenvalue weighted by molar-refractivity contribution is 0.457. The summed E-state index contributed by atoms with van der Waals surface area (Å²) in [6.45, 7) is 22.0. The van der Waals surface area contributed by atoms with E-state index < -0.39 is 0 Å². The van der Waals surface area contributed by atoms with Gasteiger partial charge in [-0.2, -0.15) is 0 Å². The summed E-state index contributed by atoms with van der Waals surface area (Å²) in [7, 11) is 0. The van der Waals surface area contributed by atoms with Gasteiger partial charge in [-0.25, -0.2) is 0 Å². The van der Waals surface area contributed by atoms with E-state index >= 15 is 0 Å². The smallest absolute Gasteiger partial charge is 0.0448 e. The second-order valence-corrected chi connectivity index (χ2v) is 5.95. The maximum absolute atomic E-state index is 2.24. The minimum Gasteiger partial charge on any atom is -0.0630 e. The molecule has 0 aliphatic rings. The summed E-state index contributed by atoms with van der Waals surface area (Å²) in [4.78, 5) is 0. The van der Waals surface area contributed by atoms with E-state index in [1.54, 1.807) is 0 Å². The Kier molecular flexibility index (Phi) is 18.2. The molecule has 0 rings (SSSR count). The lowest BCUT2D eigenvalue weighted by atomic mass is 10.0. The minimum absolute atomic E-state index is 0.833. The topological polar surface area (TPSA) is 0 Å². The van der Waals surface area contributed by atoms with Crippen LogP contribution in [0.5, 0.6) is 0 Å². The van der Waals surface area contributed by atoms with Crippen molar-refractivity contribution in [2.75, 3.05) is 0 Å². The van der Waals surface area contributed by atoms with Crippen molar-refractivity contribution in [2.24, 2.45) is 23.7 Å². The molecule has 0 aliphatic heterocycles. The molecule has 0 atom stereocenters. The second kappa shape index (κ2) is 13.0. The zero-order valence-electron chi connectivity index (χ0n) is 12.3. The molecule has 0 heterocycles. The van der Waals surface area contributed by atoms with Gasteiger partial charge in [0, 0.05) is 0 Å². The van der Waals surface area contributed by atoms with Crippen LogP contribution >= 0.6 is 0 Å². The molecule has 0 aromatic heterocycles. The first kappa shape index (κ1) is 19.6. The van der Waals surface area contributed by atoms with E-state index in [0.717, 1.165) is 23.7 Å². The van der Waals surface area contributed by atoms with Crippen molar-refractivity contribution in [1.82, 2.24) is 0 Å². The third-order valence-corrected chi connectivity index (χ3v) is 1.33. The SMILES string of the molecule is CC(C)C.CC(C)C.CC(C)C(C)C. The molecule has 0 bridgehead atoms. The first-order valence-corrected chi connectivity index (χ1v) is 6.11. The third-order valence-electron chi connectivity index (χ3n) is 1.33. The highest BCUT2D eigenvalue weighted by Gasteiger charge is 1.95. The van der Waals surface area contributed by atoms with Crippen LogP contribution in [-0.4, -0.2) is 0 Å². The Hall–Kier alpha value is 0. The van der Waals surface area contributed by atoms with E-state index in [1.165, 1.54) is 0 Å². The quantitative estimate of drug-likeness (QED) is 0.517. The molecule has 0 saturated heterocycles. The zero-order valence-corrected chi connectivity index (χ0v) is 12.3. The van der Waals surface area contributed by atoms with Crippen LogP contribution in [0.25, 0.3) is 0 Å². The summed E-state index contributed by atoms with van der Waals surface area (Å²) in [6, 6.07) is 0. The molecule has 14 heavy (non-hydrogen) atoms. The Bertz CT molecular complexity index is 60.5. The van der Waals surface area contributed by atoms with Gasteiger partial charge >= 0.3 is 0 Å². The molecule has 0 heteroatoms. The van der Waals surface area contributed by atoms with Crippen molar-refractivity contribution in [2.45, 2.75) is 69.2 Å². The van der Waals surface area contributed by atoms with Gasteiger partial charge in [0.15, 0.2) is 0 Å². The molecule has 0 amide bonds. The normalized spacial score (nSPS) is 9.86. The van der Waals surface area contributed by atoms with Crippen LogP contribution < -0.4 is 0 Å². The van der Waals surface area contributed by atoms with Crippen LogP contribution in [0.1, 0.15) is 69.2 Å². The van der Waals surface area contributed by atoms with Gasteiger partial charge in [-0.3, -0.25) is 0 Å². The Morgan fingerprint density at radius 2 is 0.429 bits per heavy atom. The third kappa shape index (κ3) is 90.8. The molecular formula is C14H34. The van der Waals surface area contributed by atoms with Crippen LogP contribution in [0.15, 0.2) is 0 Å². The average Bonchev–Trinajstić information content (AvgIpc) is 1.83. The molecule has 0 fully saturated rings. The molecule has 0 aliphatic carbocycles. The highest BCUT2D eigenvalue weighted by molar-refractivity contribution is 4.46. The van der Waals surface area contributed by atoms with Crippen molar-refractivity contribution in [1.29, 1.82) is 0 Å². The molecule has 90 valence electrons. The van der Waals surface area contributed by atoms with Crippen molar-refractivity contribution >= 4 is 0 Å². The first-order valence-electron chi connectivity index (χ1n) is 6.11. The van der Waals surface area contributed by atoms with Gasteiger partial charge in [0.1, 0.15) is 0 Å². The van der Waals surface area contributed by atoms with E-state index in [0.29, 0.717) is 0 Å². The maximum Gasteiger partial charge on any atom is -0.0448 e. The van der Waals surface area contributed by atoms with E-state index in [2.05, 4.69) is 69.2 Å². The van der Waals surface area contributed by atoms with E-state index in [1.807, 2.05) is 0 Å². The fraction of sp³-hybridized carbons (Fsp3) is 1.00. The molecule has 0 radical (unpaired) electrons.